The molecule has 2 unspecified atom stereocenters. The summed E-state index contributed by atoms with van der Waals surface area (Å²) in [5, 5.41) is 0. The molecule has 0 amide bonds. The molecule has 0 fully saturated rings. The van der Waals surface area contributed by atoms with Gasteiger partial charge in [0.25, 0.3) is 0 Å². The van der Waals surface area contributed by atoms with E-state index in [0.717, 1.165) is 38.5 Å². The average molecular weight is 670 g/mol. The molecule has 0 aliphatic rings. The van der Waals surface area contributed by atoms with Crippen LogP contribution in [0.15, 0.2) is 0 Å². The number of thioether (sulfide) groups is 1. The molecule has 0 spiro atoms. The van der Waals surface area contributed by atoms with Crippen LogP contribution in [0.5, 0.6) is 0 Å². The fourth-order valence-corrected chi connectivity index (χ4v) is 6.69. The highest BCUT2D eigenvalue weighted by Crippen LogP contribution is 2.16. The van der Waals surface area contributed by atoms with Crippen LogP contribution in [0.1, 0.15) is 201 Å². The Bertz CT molecular complexity index is 704. The average Bonchev–Trinajstić information content (AvgIpc) is 3.04. The first-order valence-corrected chi connectivity index (χ1v) is 20.7. The van der Waals surface area contributed by atoms with E-state index >= 15 is 0 Å². The lowest BCUT2D eigenvalue weighted by atomic mass is 10.0. The van der Waals surface area contributed by atoms with E-state index in [4.69, 9.17) is 15.2 Å². The van der Waals surface area contributed by atoms with E-state index in [9.17, 15) is 14.4 Å². The molecule has 0 bridgehead atoms. The molecule has 0 saturated carbocycles. The predicted octanol–water partition coefficient (Wildman–Crippen LogP) is 11.1. The summed E-state index contributed by atoms with van der Waals surface area (Å²) < 4.78 is 11.2. The van der Waals surface area contributed by atoms with Crippen molar-refractivity contribution in [3.05, 3.63) is 0 Å². The van der Waals surface area contributed by atoms with E-state index < -0.39 is 12.1 Å². The van der Waals surface area contributed by atoms with Gasteiger partial charge in [-0.2, -0.15) is 11.8 Å². The maximum atomic E-state index is 12.6. The van der Waals surface area contributed by atoms with Gasteiger partial charge >= 0.3 is 11.9 Å². The molecule has 0 aromatic heterocycles. The number of carbonyl (C=O) groups is 3. The summed E-state index contributed by atoms with van der Waals surface area (Å²) in [6, 6.07) is -0.537. The highest BCUT2D eigenvalue weighted by molar-refractivity contribution is 7.99. The minimum atomic E-state index is -0.537. The zero-order valence-electron chi connectivity index (χ0n) is 30.6. The minimum Gasteiger partial charge on any atom is -0.462 e. The van der Waals surface area contributed by atoms with Crippen molar-refractivity contribution in [2.45, 2.75) is 213 Å². The number of ether oxygens (including phenoxy) is 2. The van der Waals surface area contributed by atoms with Crippen molar-refractivity contribution in [1.29, 1.82) is 0 Å². The molecule has 2 atom stereocenters. The van der Waals surface area contributed by atoms with Crippen LogP contribution < -0.4 is 5.73 Å². The van der Waals surface area contributed by atoms with Crippen molar-refractivity contribution in [3.63, 3.8) is 0 Å². The van der Waals surface area contributed by atoms with E-state index in [2.05, 4.69) is 13.8 Å². The molecule has 6 nitrogen and oxygen atoms in total. The van der Waals surface area contributed by atoms with Crippen LogP contribution >= 0.6 is 11.8 Å². The Morgan fingerprint density at radius 2 is 0.870 bits per heavy atom. The molecular weight excluding hydrogens is 594 g/mol. The summed E-state index contributed by atoms with van der Waals surface area (Å²) in [5.41, 5.74) is 5.86. The molecule has 0 heterocycles. The van der Waals surface area contributed by atoms with Crippen molar-refractivity contribution in [3.8, 4) is 0 Å². The quantitative estimate of drug-likeness (QED) is 0.0524. The molecule has 0 aromatic carbocycles. The molecule has 7 heteroatoms. The van der Waals surface area contributed by atoms with Gasteiger partial charge in [0.15, 0.2) is 0 Å². The summed E-state index contributed by atoms with van der Waals surface area (Å²) in [7, 11) is 0. The van der Waals surface area contributed by atoms with E-state index in [-0.39, 0.29) is 24.3 Å². The lowest BCUT2D eigenvalue weighted by Crippen LogP contribution is -2.32. The van der Waals surface area contributed by atoms with Gasteiger partial charge in [-0.3, -0.25) is 14.4 Å². The molecule has 0 aromatic rings. The highest BCUT2D eigenvalue weighted by Gasteiger charge is 2.18. The SMILES string of the molecule is CCCCCCCCCCCCCCCC(=O)OCC(CSCC(N)C(C)=O)OC(=O)CCCCCCCCCCCCCCC. The van der Waals surface area contributed by atoms with E-state index in [0.29, 0.717) is 24.3 Å². The molecule has 46 heavy (non-hydrogen) atoms. The first-order valence-electron chi connectivity index (χ1n) is 19.6. The maximum absolute atomic E-state index is 12.6. The third-order valence-electron chi connectivity index (χ3n) is 8.82. The first-order chi connectivity index (χ1) is 22.4. The number of unbranched alkanes of at least 4 members (excludes halogenated alkanes) is 24. The van der Waals surface area contributed by atoms with Crippen LogP contribution in [0, 0.1) is 0 Å². The second kappa shape index (κ2) is 35.2. The maximum Gasteiger partial charge on any atom is 0.306 e. The van der Waals surface area contributed by atoms with Gasteiger partial charge in [0.2, 0.25) is 0 Å². The molecular formula is C39H75NO5S. The zero-order valence-corrected chi connectivity index (χ0v) is 31.4. The molecule has 0 aliphatic carbocycles. The second-order valence-corrected chi connectivity index (χ2v) is 14.6. The highest BCUT2D eigenvalue weighted by atomic mass is 32.2. The molecule has 0 rings (SSSR count). The van der Waals surface area contributed by atoms with Gasteiger partial charge in [0.1, 0.15) is 18.5 Å². The smallest absolute Gasteiger partial charge is 0.306 e. The number of hydrogen-bond donors (Lipinski definition) is 1. The number of ketones is 1. The van der Waals surface area contributed by atoms with Crippen LogP contribution in [-0.4, -0.2) is 48.0 Å². The third kappa shape index (κ3) is 32.8. The number of Topliss-reactive ketones (excluding diaryl/α,β-unsaturated/α-hetero) is 1. The van der Waals surface area contributed by atoms with Gasteiger partial charge in [0, 0.05) is 24.3 Å². The van der Waals surface area contributed by atoms with Crippen molar-refractivity contribution in [2.75, 3.05) is 18.1 Å². The second-order valence-electron chi connectivity index (χ2n) is 13.5. The standard InChI is InChI=1S/C39H75NO5S/c1-4-6-8-10-12-14-16-18-20-22-24-26-28-30-38(42)44-32-36(33-46-34-37(40)35(3)41)45-39(43)31-29-27-25-23-21-19-17-15-13-11-9-7-5-2/h36-37H,4-34,40H2,1-3H3. The number of esters is 2. The normalized spacial score (nSPS) is 12.6. The van der Waals surface area contributed by atoms with Gasteiger partial charge in [-0.15, -0.1) is 0 Å². The molecule has 2 N–H and O–H groups in total. The fourth-order valence-electron chi connectivity index (χ4n) is 5.64. The monoisotopic (exact) mass is 670 g/mol. The molecule has 272 valence electrons. The predicted molar refractivity (Wildman–Crippen MR) is 197 cm³/mol. The minimum absolute atomic E-state index is 0.0595. The molecule has 0 aliphatic heterocycles. The lowest BCUT2D eigenvalue weighted by molar-refractivity contribution is -0.157. The van der Waals surface area contributed by atoms with E-state index in [1.54, 1.807) is 0 Å². The number of rotatable bonds is 36. The van der Waals surface area contributed by atoms with Crippen molar-refractivity contribution in [2.24, 2.45) is 5.73 Å². The summed E-state index contributed by atoms with van der Waals surface area (Å²) in [6.07, 6.45) is 33.1. The Balaban J connectivity index is 4.06. The summed E-state index contributed by atoms with van der Waals surface area (Å²) >= 11 is 1.46. The number of nitrogens with two attached hydrogens (primary N) is 1. The number of carbonyl (C=O) groups excluding carboxylic acids is 3. The van der Waals surface area contributed by atoms with E-state index in [1.807, 2.05) is 0 Å². The summed E-state index contributed by atoms with van der Waals surface area (Å²) in [5.74, 6) is 0.378. The Morgan fingerprint density at radius 1 is 0.522 bits per heavy atom. The van der Waals surface area contributed by atoms with Crippen LogP contribution in [0.3, 0.4) is 0 Å². The Hall–Kier alpha value is -1.08. The first kappa shape index (κ1) is 44.9. The fraction of sp³-hybridized carbons (Fsp3) is 0.923. The largest absolute Gasteiger partial charge is 0.462 e. The summed E-state index contributed by atoms with van der Waals surface area (Å²) in [4.78, 5) is 36.4. The van der Waals surface area contributed by atoms with Gasteiger partial charge in [-0.25, -0.2) is 0 Å². The van der Waals surface area contributed by atoms with Crippen molar-refractivity contribution < 1.29 is 23.9 Å². The summed E-state index contributed by atoms with van der Waals surface area (Å²) in [6.45, 7) is 6.06. The van der Waals surface area contributed by atoms with Crippen LogP contribution in [-0.2, 0) is 23.9 Å². The zero-order chi connectivity index (χ0) is 33.9. The van der Waals surface area contributed by atoms with Gasteiger partial charge in [-0.1, -0.05) is 168 Å². The van der Waals surface area contributed by atoms with Crippen LogP contribution in [0.2, 0.25) is 0 Å². The van der Waals surface area contributed by atoms with Gasteiger partial charge in [0.05, 0.1) is 6.04 Å². The Morgan fingerprint density at radius 3 is 1.24 bits per heavy atom. The van der Waals surface area contributed by atoms with Crippen LogP contribution in [0.25, 0.3) is 0 Å². The molecule has 0 radical (unpaired) electrons. The lowest BCUT2D eigenvalue weighted by Gasteiger charge is -2.18. The van der Waals surface area contributed by atoms with Gasteiger partial charge < -0.3 is 15.2 Å². The van der Waals surface area contributed by atoms with E-state index in [1.165, 1.54) is 147 Å². The number of hydrogen-bond acceptors (Lipinski definition) is 7. The Kier molecular flexibility index (Phi) is 34.4. The van der Waals surface area contributed by atoms with Crippen molar-refractivity contribution >= 4 is 29.5 Å². The Labute approximate surface area is 289 Å². The van der Waals surface area contributed by atoms with Crippen LogP contribution in [0.4, 0.5) is 0 Å². The molecule has 0 saturated heterocycles. The van der Waals surface area contributed by atoms with Gasteiger partial charge in [-0.05, 0) is 19.8 Å². The topological polar surface area (TPSA) is 95.7 Å². The third-order valence-corrected chi connectivity index (χ3v) is 10.0. The van der Waals surface area contributed by atoms with Crippen molar-refractivity contribution in [1.82, 2.24) is 0 Å².